The number of ether oxygens (including phenoxy) is 2. The van der Waals surface area contributed by atoms with Crippen LogP contribution < -0.4 is 15.4 Å². The van der Waals surface area contributed by atoms with Crippen molar-refractivity contribution in [2.24, 2.45) is 0 Å². The van der Waals surface area contributed by atoms with Crippen molar-refractivity contribution in [2.45, 2.75) is 26.5 Å². The molecule has 0 spiro atoms. The third-order valence-electron chi connectivity index (χ3n) is 3.64. The largest absolute Gasteiger partial charge is 0.480 e. The normalized spacial score (nSPS) is 13.4. The molecule has 0 saturated heterocycles. The minimum atomic E-state index is -0.371. The number of hydrogen-bond acceptors (Lipinski definition) is 6. The molecule has 2 aromatic rings. The molecule has 7 nitrogen and oxygen atoms in total. The Morgan fingerprint density at radius 1 is 1.28 bits per heavy atom. The van der Waals surface area contributed by atoms with E-state index in [1.807, 2.05) is 0 Å². The van der Waals surface area contributed by atoms with Gasteiger partial charge < -0.3 is 15.2 Å². The van der Waals surface area contributed by atoms with E-state index in [0.29, 0.717) is 29.5 Å². The van der Waals surface area contributed by atoms with E-state index in [4.69, 9.17) is 15.2 Å². The van der Waals surface area contributed by atoms with E-state index in [9.17, 15) is 9.59 Å². The molecule has 0 unspecified atom stereocenters. The van der Waals surface area contributed by atoms with Crippen molar-refractivity contribution in [1.29, 1.82) is 0 Å². The minimum Gasteiger partial charge on any atom is -0.480 e. The topological polar surface area (TPSA) is 94.8 Å². The second-order valence-electron chi connectivity index (χ2n) is 5.98. The van der Waals surface area contributed by atoms with Crippen LogP contribution in [0.15, 0.2) is 36.4 Å². The molecule has 7 heteroatoms. The van der Waals surface area contributed by atoms with E-state index < -0.39 is 0 Å². The van der Waals surface area contributed by atoms with Crippen LogP contribution >= 0.6 is 0 Å². The van der Waals surface area contributed by atoms with E-state index in [1.165, 1.54) is 4.90 Å². The molecule has 1 aromatic heterocycles. The summed E-state index contributed by atoms with van der Waals surface area (Å²) in [4.78, 5) is 29.8. The summed E-state index contributed by atoms with van der Waals surface area (Å²) in [7, 11) is 0. The molecule has 1 aliphatic heterocycles. The van der Waals surface area contributed by atoms with Crippen molar-refractivity contribution in [1.82, 2.24) is 4.98 Å². The van der Waals surface area contributed by atoms with E-state index in [1.54, 1.807) is 50.2 Å². The summed E-state index contributed by atoms with van der Waals surface area (Å²) in [6.07, 6.45) is -0.175. The molecule has 0 aliphatic carbocycles. The van der Waals surface area contributed by atoms with Crippen LogP contribution in [-0.2, 0) is 16.1 Å². The van der Waals surface area contributed by atoms with E-state index >= 15 is 0 Å². The molecule has 2 N–H and O–H groups in total. The number of pyridine rings is 1. The standard InChI is InChI=1S/C18H19N3O4/c1-11(2)25-18(23)13-5-3-12(4-6-13)9-21-16(22)10-24-14-7-8-15(19)20-17(14)21/h3-8,11H,9-10H2,1-2H3,(H2,19,20). The molecule has 3 rings (SSSR count). The highest BCUT2D eigenvalue weighted by Crippen LogP contribution is 2.31. The minimum absolute atomic E-state index is 0.0442. The van der Waals surface area contributed by atoms with Gasteiger partial charge in [0.1, 0.15) is 5.82 Å². The number of aromatic nitrogens is 1. The van der Waals surface area contributed by atoms with Crippen molar-refractivity contribution < 1.29 is 19.1 Å². The van der Waals surface area contributed by atoms with Gasteiger partial charge in [0.05, 0.1) is 18.2 Å². The highest BCUT2D eigenvalue weighted by molar-refractivity contribution is 5.96. The number of carbonyl (C=O) groups excluding carboxylic acids is 2. The summed E-state index contributed by atoms with van der Waals surface area (Å²) in [5, 5.41) is 0. The van der Waals surface area contributed by atoms with Crippen molar-refractivity contribution in [2.75, 3.05) is 17.2 Å². The van der Waals surface area contributed by atoms with Crippen molar-refractivity contribution in [3.05, 3.63) is 47.5 Å². The van der Waals surface area contributed by atoms with E-state index in [2.05, 4.69) is 4.98 Å². The lowest BCUT2D eigenvalue weighted by atomic mass is 10.1. The number of fused-ring (bicyclic) bond motifs is 1. The summed E-state index contributed by atoms with van der Waals surface area (Å²) >= 11 is 0. The van der Waals surface area contributed by atoms with E-state index in [0.717, 1.165) is 5.56 Å². The lowest BCUT2D eigenvalue weighted by Gasteiger charge is -2.28. The van der Waals surface area contributed by atoms with Crippen LogP contribution in [-0.4, -0.2) is 29.6 Å². The van der Waals surface area contributed by atoms with Gasteiger partial charge in [0.25, 0.3) is 5.91 Å². The smallest absolute Gasteiger partial charge is 0.338 e. The maximum Gasteiger partial charge on any atom is 0.338 e. The Hall–Kier alpha value is -3.09. The first-order valence-electron chi connectivity index (χ1n) is 7.93. The molecule has 0 atom stereocenters. The van der Waals surface area contributed by atoms with Gasteiger partial charge in [-0.25, -0.2) is 9.78 Å². The number of esters is 1. The van der Waals surface area contributed by atoms with Crippen molar-refractivity contribution >= 4 is 23.5 Å². The number of anilines is 2. The predicted molar refractivity (Wildman–Crippen MR) is 92.3 cm³/mol. The maximum absolute atomic E-state index is 12.2. The second-order valence-corrected chi connectivity index (χ2v) is 5.98. The molecular formula is C18H19N3O4. The lowest BCUT2D eigenvalue weighted by molar-refractivity contribution is -0.121. The number of nitrogens with two attached hydrogens (primary N) is 1. The van der Waals surface area contributed by atoms with Crippen LogP contribution in [0.4, 0.5) is 11.6 Å². The highest BCUT2D eigenvalue weighted by atomic mass is 16.5. The third-order valence-corrected chi connectivity index (χ3v) is 3.64. The monoisotopic (exact) mass is 341 g/mol. The summed E-state index contributed by atoms with van der Waals surface area (Å²) in [6, 6.07) is 10.2. The van der Waals surface area contributed by atoms with E-state index in [-0.39, 0.29) is 24.6 Å². The fourth-order valence-electron chi connectivity index (χ4n) is 2.47. The van der Waals surface area contributed by atoms with Gasteiger partial charge >= 0.3 is 5.97 Å². The first-order chi connectivity index (χ1) is 11.9. The molecular weight excluding hydrogens is 322 g/mol. The van der Waals surface area contributed by atoms with Crippen LogP contribution in [0, 0.1) is 0 Å². The zero-order valence-electron chi connectivity index (χ0n) is 14.1. The number of nitrogens with zero attached hydrogens (tertiary/aromatic N) is 2. The van der Waals surface area contributed by atoms with Crippen LogP contribution in [0.1, 0.15) is 29.8 Å². The Morgan fingerprint density at radius 2 is 2.00 bits per heavy atom. The number of rotatable bonds is 4. The summed E-state index contributed by atoms with van der Waals surface area (Å²) in [5.41, 5.74) is 7.04. The highest BCUT2D eigenvalue weighted by Gasteiger charge is 2.27. The maximum atomic E-state index is 12.2. The van der Waals surface area contributed by atoms with Gasteiger partial charge in [-0.1, -0.05) is 12.1 Å². The van der Waals surface area contributed by atoms with Gasteiger partial charge in [-0.05, 0) is 43.7 Å². The van der Waals surface area contributed by atoms with Crippen molar-refractivity contribution in [3.63, 3.8) is 0 Å². The fourth-order valence-corrected chi connectivity index (χ4v) is 2.47. The van der Waals surface area contributed by atoms with Gasteiger partial charge in [0, 0.05) is 0 Å². The van der Waals surface area contributed by atoms with Crippen LogP contribution in [0.2, 0.25) is 0 Å². The third kappa shape index (κ3) is 3.71. The summed E-state index contributed by atoms with van der Waals surface area (Å²) < 4.78 is 10.5. The molecule has 2 heterocycles. The number of hydrogen-bond donors (Lipinski definition) is 1. The fraction of sp³-hybridized carbons (Fsp3) is 0.278. The molecule has 25 heavy (non-hydrogen) atoms. The van der Waals surface area contributed by atoms with Gasteiger partial charge in [-0.2, -0.15) is 0 Å². The average Bonchev–Trinajstić information content (AvgIpc) is 2.57. The molecule has 1 aliphatic rings. The van der Waals surface area contributed by atoms with Gasteiger partial charge in [-0.3, -0.25) is 9.69 Å². The summed E-state index contributed by atoms with van der Waals surface area (Å²) in [6.45, 7) is 3.86. The molecule has 1 aromatic carbocycles. The summed E-state index contributed by atoms with van der Waals surface area (Å²) in [5.74, 6) is 0.664. The predicted octanol–water partition coefficient (Wildman–Crippen LogP) is 2.15. The number of carbonyl (C=O) groups is 2. The average molecular weight is 341 g/mol. The Balaban J connectivity index is 1.80. The lowest BCUT2D eigenvalue weighted by Crippen LogP contribution is -2.39. The first kappa shape index (κ1) is 16.8. The zero-order chi connectivity index (χ0) is 18.0. The Kier molecular flexibility index (Phi) is 4.56. The van der Waals surface area contributed by atoms with Gasteiger partial charge in [-0.15, -0.1) is 0 Å². The quantitative estimate of drug-likeness (QED) is 0.856. The van der Waals surface area contributed by atoms with Crippen LogP contribution in [0.5, 0.6) is 5.75 Å². The van der Waals surface area contributed by atoms with Crippen LogP contribution in [0.3, 0.4) is 0 Å². The number of benzene rings is 1. The molecule has 1 amide bonds. The second kappa shape index (κ2) is 6.80. The molecule has 0 bridgehead atoms. The van der Waals surface area contributed by atoms with Crippen molar-refractivity contribution in [3.8, 4) is 5.75 Å². The van der Waals surface area contributed by atoms with Gasteiger partial charge in [0.2, 0.25) is 0 Å². The molecule has 0 radical (unpaired) electrons. The molecule has 0 fully saturated rings. The Bertz CT molecular complexity index is 802. The molecule has 0 saturated carbocycles. The number of nitrogen functional groups attached to an aromatic ring is 1. The molecule has 130 valence electrons. The SMILES string of the molecule is CC(C)OC(=O)c1ccc(CN2C(=O)COc3ccc(N)nc32)cc1. The van der Waals surface area contributed by atoms with Gasteiger partial charge in [0.15, 0.2) is 18.2 Å². The zero-order valence-corrected chi connectivity index (χ0v) is 14.1. The Morgan fingerprint density at radius 3 is 2.68 bits per heavy atom. The first-order valence-corrected chi connectivity index (χ1v) is 7.93. The van der Waals surface area contributed by atoms with Crippen LogP contribution in [0.25, 0.3) is 0 Å². The number of amides is 1. The Labute approximate surface area is 145 Å².